The van der Waals surface area contributed by atoms with Crippen molar-refractivity contribution < 1.29 is 17.9 Å². The summed E-state index contributed by atoms with van der Waals surface area (Å²) in [4.78, 5) is 8.46. The second kappa shape index (κ2) is 10.7. The van der Waals surface area contributed by atoms with Crippen molar-refractivity contribution >= 4 is 11.6 Å². The van der Waals surface area contributed by atoms with Crippen LogP contribution < -0.4 is 4.74 Å². The number of ether oxygens (including phenoxy) is 1. The van der Waals surface area contributed by atoms with Gasteiger partial charge in [0.2, 0.25) is 0 Å². The molecule has 0 bridgehead atoms. The van der Waals surface area contributed by atoms with Gasteiger partial charge >= 0.3 is 6.36 Å². The zero-order valence-corrected chi connectivity index (χ0v) is 22.6. The first-order valence-corrected chi connectivity index (χ1v) is 12.7. The first kappa shape index (κ1) is 27.5. The van der Waals surface area contributed by atoms with Gasteiger partial charge < -0.3 is 24.3 Å². The van der Waals surface area contributed by atoms with Crippen LogP contribution in [0.25, 0.3) is 0 Å². The Morgan fingerprint density at radius 3 is 2.37 bits per heavy atom. The number of rotatable bonds is 8. The fraction of sp³-hybridized carbons (Fsp3) is 0.310. The highest BCUT2D eigenvalue weighted by Crippen LogP contribution is 2.43. The van der Waals surface area contributed by atoms with Gasteiger partial charge in [-0.1, -0.05) is 68.1 Å². The SMILES string of the molecule is C=C(CC)CN1C(=C)C2=C(N(C)C1=C)N(C)C(Cc1cccc(OC(F)(F)F)c1)N2Cc1ccc(Cl)cc1. The molecule has 2 aromatic rings. The third kappa shape index (κ3) is 5.65. The summed E-state index contributed by atoms with van der Waals surface area (Å²) >= 11 is 6.13. The molecular formula is C29H32ClF3N4O. The average molecular weight is 545 g/mol. The molecule has 38 heavy (non-hydrogen) atoms. The molecule has 0 spiro atoms. The molecule has 0 radical (unpaired) electrons. The van der Waals surface area contributed by atoms with Crippen molar-refractivity contribution in [3.05, 3.63) is 113 Å². The fourth-order valence-corrected chi connectivity index (χ4v) is 5.02. The van der Waals surface area contributed by atoms with Crippen LogP contribution in [0, 0.1) is 0 Å². The lowest BCUT2D eigenvalue weighted by Gasteiger charge is -2.41. The van der Waals surface area contributed by atoms with Crippen LogP contribution in [0.2, 0.25) is 5.02 Å². The molecule has 1 atom stereocenters. The number of hydrogen-bond acceptors (Lipinski definition) is 5. The smallest absolute Gasteiger partial charge is 0.406 e. The Labute approximate surface area is 227 Å². The molecule has 2 aliphatic heterocycles. The largest absolute Gasteiger partial charge is 0.573 e. The van der Waals surface area contributed by atoms with E-state index in [1.54, 1.807) is 6.07 Å². The Morgan fingerprint density at radius 1 is 1.05 bits per heavy atom. The van der Waals surface area contributed by atoms with E-state index < -0.39 is 6.36 Å². The number of nitrogens with zero attached hydrogens (tertiary/aromatic N) is 4. The summed E-state index contributed by atoms with van der Waals surface area (Å²) in [6.45, 7) is 16.1. The molecule has 2 aromatic carbocycles. The topological polar surface area (TPSA) is 22.2 Å². The van der Waals surface area contributed by atoms with Gasteiger partial charge in [-0.05, 0) is 41.8 Å². The first-order chi connectivity index (χ1) is 17.9. The Kier molecular flexibility index (Phi) is 7.74. The molecule has 0 amide bonds. The van der Waals surface area contributed by atoms with Crippen LogP contribution in [-0.2, 0) is 13.0 Å². The predicted molar refractivity (Wildman–Crippen MR) is 145 cm³/mol. The Hall–Kier alpha value is -3.52. The number of halogens is 4. The molecule has 2 aliphatic rings. The van der Waals surface area contributed by atoms with E-state index in [4.69, 9.17) is 11.6 Å². The number of hydrogen-bond donors (Lipinski definition) is 0. The molecule has 0 aliphatic carbocycles. The highest BCUT2D eigenvalue weighted by atomic mass is 35.5. The standard InChI is InChI=1S/C29H32ClF3N4O/c1-7-19(2)17-36-20(3)27-28(34(5)21(36)4)35(6)26(37(27)18-22-11-13-24(30)14-12-22)16-23-9-8-10-25(15-23)38-29(31,32)33/h8-15,26H,2-4,7,16-18H2,1,5-6H3. The van der Waals surface area contributed by atoms with Gasteiger partial charge in [-0.2, -0.15) is 0 Å². The number of benzene rings is 2. The Balaban J connectivity index is 1.73. The van der Waals surface area contributed by atoms with Crippen LogP contribution in [-0.4, -0.2) is 52.8 Å². The molecule has 5 nitrogen and oxygen atoms in total. The van der Waals surface area contributed by atoms with E-state index in [0.29, 0.717) is 30.1 Å². The molecule has 2 heterocycles. The number of alkyl halides is 3. The van der Waals surface area contributed by atoms with E-state index in [9.17, 15) is 13.2 Å². The van der Waals surface area contributed by atoms with Gasteiger partial charge in [-0.3, -0.25) is 0 Å². The van der Waals surface area contributed by atoms with Crippen molar-refractivity contribution in [1.82, 2.24) is 19.6 Å². The van der Waals surface area contributed by atoms with Gasteiger partial charge in [0.25, 0.3) is 0 Å². The van der Waals surface area contributed by atoms with Crippen LogP contribution in [0.15, 0.2) is 96.9 Å². The summed E-state index contributed by atoms with van der Waals surface area (Å²) in [7, 11) is 3.94. The summed E-state index contributed by atoms with van der Waals surface area (Å²) in [5.41, 5.74) is 4.55. The van der Waals surface area contributed by atoms with Crippen LogP contribution in [0.4, 0.5) is 13.2 Å². The van der Waals surface area contributed by atoms with E-state index in [0.717, 1.165) is 40.6 Å². The van der Waals surface area contributed by atoms with Crippen molar-refractivity contribution in [1.29, 1.82) is 0 Å². The molecule has 1 unspecified atom stereocenters. The zero-order valence-electron chi connectivity index (χ0n) is 21.9. The van der Waals surface area contributed by atoms with Gasteiger partial charge in [0.1, 0.15) is 29.3 Å². The van der Waals surface area contributed by atoms with Crippen molar-refractivity contribution in [3.63, 3.8) is 0 Å². The van der Waals surface area contributed by atoms with Gasteiger partial charge in [-0.25, -0.2) is 0 Å². The molecule has 0 fully saturated rings. The molecule has 202 valence electrons. The minimum atomic E-state index is -4.75. The highest BCUT2D eigenvalue weighted by molar-refractivity contribution is 6.30. The summed E-state index contributed by atoms with van der Waals surface area (Å²) < 4.78 is 42.8. The van der Waals surface area contributed by atoms with Crippen molar-refractivity contribution in [2.75, 3.05) is 20.6 Å². The van der Waals surface area contributed by atoms with Crippen molar-refractivity contribution in [2.45, 2.75) is 38.8 Å². The second-order valence-corrected chi connectivity index (χ2v) is 9.97. The second-order valence-electron chi connectivity index (χ2n) is 9.53. The zero-order chi connectivity index (χ0) is 27.8. The lowest BCUT2D eigenvalue weighted by molar-refractivity contribution is -0.274. The van der Waals surface area contributed by atoms with Crippen LogP contribution in [0.5, 0.6) is 5.75 Å². The molecule has 4 rings (SSSR count). The van der Waals surface area contributed by atoms with Crippen molar-refractivity contribution in [2.24, 2.45) is 0 Å². The highest BCUT2D eigenvalue weighted by Gasteiger charge is 2.44. The van der Waals surface area contributed by atoms with E-state index in [1.807, 2.05) is 49.3 Å². The lowest BCUT2D eigenvalue weighted by Crippen LogP contribution is -2.41. The van der Waals surface area contributed by atoms with Crippen LogP contribution in [0.1, 0.15) is 24.5 Å². The van der Waals surface area contributed by atoms with E-state index >= 15 is 0 Å². The monoisotopic (exact) mass is 544 g/mol. The van der Waals surface area contributed by atoms with Gasteiger partial charge in [0.05, 0.1) is 5.70 Å². The maximum Gasteiger partial charge on any atom is 0.573 e. The van der Waals surface area contributed by atoms with E-state index in [-0.39, 0.29) is 11.9 Å². The van der Waals surface area contributed by atoms with Crippen molar-refractivity contribution in [3.8, 4) is 5.75 Å². The molecule has 0 saturated carbocycles. The predicted octanol–water partition coefficient (Wildman–Crippen LogP) is 6.92. The molecular weight excluding hydrogens is 513 g/mol. The summed E-state index contributed by atoms with van der Waals surface area (Å²) in [6, 6.07) is 13.8. The van der Waals surface area contributed by atoms with Crippen LogP contribution in [0.3, 0.4) is 0 Å². The molecule has 0 saturated heterocycles. The van der Waals surface area contributed by atoms with Gasteiger partial charge in [-0.15, -0.1) is 13.2 Å². The first-order valence-electron chi connectivity index (χ1n) is 12.3. The van der Waals surface area contributed by atoms with Gasteiger partial charge in [0, 0.05) is 38.6 Å². The third-order valence-corrected chi connectivity index (χ3v) is 7.21. The molecule has 0 aromatic heterocycles. The lowest BCUT2D eigenvalue weighted by atomic mass is 10.1. The number of likely N-dealkylation sites (N-methyl/N-ethyl adjacent to an activating group) is 1. The minimum absolute atomic E-state index is 0.210. The Bertz CT molecular complexity index is 1270. The van der Waals surface area contributed by atoms with E-state index in [2.05, 4.69) is 46.1 Å². The fourth-order valence-electron chi connectivity index (χ4n) is 4.89. The average Bonchev–Trinajstić information content (AvgIpc) is 3.12. The quantitative estimate of drug-likeness (QED) is 0.335. The maximum absolute atomic E-state index is 12.9. The third-order valence-electron chi connectivity index (χ3n) is 6.95. The maximum atomic E-state index is 12.9. The minimum Gasteiger partial charge on any atom is -0.406 e. The summed E-state index contributed by atoms with van der Waals surface area (Å²) in [5, 5.41) is 0.646. The van der Waals surface area contributed by atoms with Crippen LogP contribution >= 0.6 is 11.6 Å². The normalized spacial score (nSPS) is 17.9. The Morgan fingerprint density at radius 2 is 1.74 bits per heavy atom. The summed E-state index contributed by atoms with van der Waals surface area (Å²) in [5.74, 6) is 1.47. The van der Waals surface area contributed by atoms with Gasteiger partial charge in [0.15, 0.2) is 0 Å². The molecule has 9 heteroatoms. The van der Waals surface area contributed by atoms with E-state index in [1.165, 1.54) is 12.1 Å². The summed E-state index contributed by atoms with van der Waals surface area (Å²) in [6.07, 6.45) is -3.68. The molecule has 0 N–H and O–H groups in total.